The average molecular weight is 449 g/mol. The maximum Gasteiger partial charge on any atom is 0.426 e. The molecule has 0 saturated carbocycles. The second-order valence-electron chi connectivity index (χ2n) is 8.87. The Labute approximate surface area is 183 Å². The van der Waals surface area contributed by atoms with Crippen LogP contribution in [-0.2, 0) is 28.7 Å². The van der Waals surface area contributed by atoms with Crippen LogP contribution in [0.2, 0.25) is 0 Å². The lowest BCUT2D eigenvalue weighted by molar-refractivity contribution is -0.228. The Morgan fingerprint density at radius 3 is 2.50 bits per heavy atom. The van der Waals surface area contributed by atoms with Crippen molar-refractivity contribution in [2.75, 3.05) is 6.54 Å². The smallest absolute Gasteiger partial charge is 0.335 e. The first-order valence-electron chi connectivity index (χ1n) is 10.6. The summed E-state index contributed by atoms with van der Waals surface area (Å²) in [4.78, 5) is 14.3. The first kappa shape index (κ1) is 22.5. The number of aryl methyl sites for hydroxylation is 1. The number of likely N-dealkylation sites (tertiary alicyclic amines) is 1. The molecule has 32 heavy (non-hydrogen) atoms. The van der Waals surface area contributed by atoms with E-state index in [2.05, 4.69) is 6.58 Å². The average Bonchev–Trinajstić information content (AvgIpc) is 3.13. The summed E-state index contributed by atoms with van der Waals surface area (Å²) in [5, 5.41) is 0. The minimum atomic E-state index is -5.02. The predicted molar refractivity (Wildman–Crippen MR) is 111 cm³/mol. The van der Waals surface area contributed by atoms with E-state index in [4.69, 9.17) is 0 Å². The Morgan fingerprint density at radius 1 is 1.19 bits per heavy atom. The topological polar surface area (TPSA) is 20.3 Å². The summed E-state index contributed by atoms with van der Waals surface area (Å²) in [5.41, 5.74) is -2.05. The zero-order valence-corrected chi connectivity index (χ0v) is 17.7. The van der Waals surface area contributed by atoms with Gasteiger partial charge in [-0.15, -0.1) is 0 Å². The molecule has 2 aromatic rings. The molecule has 2 aliphatic rings. The van der Waals surface area contributed by atoms with Gasteiger partial charge in [0.05, 0.1) is 0 Å². The highest BCUT2D eigenvalue weighted by Crippen LogP contribution is 2.51. The summed E-state index contributed by atoms with van der Waals surface area (Å²) in [6, 6.07) is 10.1. The number of fused-ring (bicyclic) bond motifs is 3. The first-order chi connectivity index (χ1) is 15.0. The molecule has 1 saturated heterocycles. The van der Waals surface area contributed by atoms with Gasteiger partial charge in [-0.3, -0.25) is 4.79 Å². The van der Waals surface area contributed by atoms with E-state index in [0.717, 1.165) is 11.1 Å². The number of halogens is 5. The molecule has 1 fully saturated rings. The number of hydrogen-bond donors (Lipinski definition) is 0. The SMILES string of the molecule is C=CC(=O)N1CC[C@@]2(Cc3ccc(F)cc3)c3ccc(C(C)(F)C(F)(F)F)cc3CC[C@@H]12. The molecule has 7 heteroatoms. The van der Waals surface area contributed by atoms with E-state index in [0.29, 0.717) is 44.7 Å². The van der Waals surface area contributed by atoms with Crippen molar-refractivity contribution in [3.05, 3.63) is 83.2 Å². The second-order valence-corrected chi connectivity index (χ2v) is 8.87. The van der Waals surface area contributed by atoms with Gasteiger partial charge in [-0.2, -0.15) is 13.2 Å². The predicted octanol–water partition coefficient (Wildman–Crippen LogP) is 5.79. The van der Waals surface area contributed by atoms with Crippen molar-refractivity contribution in [2.45, 2.75) is 55.9 Å². The molecule has 0 spiro atoms. The number of carbonyl (C=O) groups is 1. The normalized spacial score (nSPS) is 24.4. The Bertz CT molecular complexity index is 1040. The van der Waals surface area contributed by atoms with Crippen LogP contribution in [0.5, 0.6) is 0 Å². The van der Waals surface area contributed by atoms with Crippen molar-refractivity contribution >= 4 is 5.91 Å². The Morgan fingerprint density at radius 2 is 1.88 bits per heavy atom. The molecule has 4 rings (SSSR count). The van der Waals surface area contributed by atoms with E-state index in [9.17, 15) is 26.7 Å². The molecule has 1 unspecified atom stereocenters. The lowest BCUT2D eigenvalue weighted by atomic mass is 9.63. The van der Waals surface area contributed by atoms with E-state index in [1.54, 1.807) is 23.1 Å². The summed E-state index contributed by atoms with van der Waals surface area (Å²) >= 11 is 0. The van der Waals surface area contributed by atoms with Crippen LogP contribution in [0.15, 0.2) is 55.1 Å². The highest BCUT2D eigenvalue weighted by Gasteiger charge is 2.55. The number of carbonyl (C=O) groups excluding carboxylic acids is 1. The molecule has 1 aliphatic heterocycles. The van der Waals surface area contributed by atoms with Gasteiger partial charge in [0, 0.05) is 18.0 Å². The molecular formula is C25H24F5NO. The van der Waals surface area contributed by atoms with Crippen LogP contribution in [0.25, 0.3) is 0 Å². The molecule has 0 radical (unpaired) electrons. The van der Waals surface area contributed by atoms with Crippen molar-refractivity contribution in [3.8, 4) is 0 Å². The van der Waals surface area contributed by atoms with Crippen LogP contribution in [0.4, 0.5) is 22.0 Å². The summed E-state index contributed by atoms with van der Waals surface area (Å²) in [7, 11) is 0. The second kappa shape index (κ2) is 7.71. The van der Waals surface area contributed by atoms with E-state index in [-0.39, 0.29) is 17.8 Å². The van der Waals surface area contributed by atoms with Gasteiger partial charge in [0.1, 0.15) is 5.82 Å². The standard InChI is InChI=1S/C25H24F5NO/c1-3-22(32)31-13-12-24(15-16-4-8-19(26)9-5-16)20-10-7-18(23(2,27)25(28,29)30)14-17(20)6-11-21(24)31/h3-5,7-10,14,21H,1,6,11-13,15H2,2H3/t21-,23?,24-/m1/s1. The third kappa shape index (κ3) is 3.51. The summed E-state index contributed by atoms with van der Waals surface area (Å²) in [5.74, 6) is -0.551. The van der Waals surface area contributed by atoms with Crippen molar-refractivity contribution in [2.24, 2.45) is 0 Å². The number of benzene rings is 2. The van der Waals surface area contributed by atoms with E-state index < -0.39 is 22.8 Å². The van der Waals surface area contributed by atoms with Crippen LogP contribution < -0.4 is 0 Å². The van der Waals surface area contributed by atoms with Gasteiger partial charge in [0.15, 0.2) is 0 Å². The summed E-state index contributed by atoms with van der Waals surface area (Å²) in [6.07, 6.45) is -1.67. The Kier molecular flexibility index (Phi) is 5.42. The van der Waals surface area contributed by atoms with Crippen LogP contribution in [0.3, 0.4) is 0 Å². The molecule has 170 valence electrons. The fourth-order valence-electron chi connectivity index (χ4n) is 5.37. The van der Waals surface area contributed by atoms with E-state index in [1.165, 1.54) is 30.3 Å². The Balaban J connectivity index is 1.81. The molecule has 1 aliphatic carbocycles. The van der Waals surface area contributed by atoms with Crippen LogP contribution >= 0.6 is 0 Å². The van der Waals surface area contributed by atoms with Gasteiger partial charge in [-0.05, 0) is 73.1 Å². The molecule has 0 aromatic heterocycles. The minimum absolute atomic E-state index is 0.171. The lowest BCUT2D eigenvalue weighted by Gasteiger charge is -2.44. The van der Waals surface area contributed by atoms with Gasteiger partial charge >= 0.3 is 6.18 Å². The molecule has 0 N–H and O–H groups in total. The van der Waals surface area contributed by atoms with Crippen LogP contribution in [-0.4, -0.2) is 29.6 Å². The molecule has 3 atom stereocenters. The molecule has 1 amide bonds. The zero-order chi connectivity index (χ0) is 23.3. The molecule has 1 heterocycles. The fourth-order valence-corrected chi connectivity index (χ4v) is 5.37. The number of alkyl halides is 4. The van der Waals surface area contributed by atoms with Crippen LogP contribution in [0, 0.1) is 5.82 Å². The van der Waals surface area contributed by atoms with Crippen molar-refractivity contribution in [1.29, 1.82) is 0 Å². The minimum Gasteiger partial charge on any atom is -0.335 e. The number of rotatable bonds is 4. The van der Waals surface area contributed by atoms with Gasteiger partial charge < -0.3 is 4.90 Å². The van der Waals surface area contributed by atoms with Crippen molar-refractivity contribution in [3.63, 3.8) is 0 Å². The number of amides is 1. The van der Waals surface area contributed by atoms with Gasteiger partial charge in [0.25, 0.3) is 0 Å². The van der Waals surface area contributed by atoms with Gasteiger partial charge in [-0.1, -0.05) is 36.9 Å². The third-order valence-corrected chi connectivity index (χ3v) is 7.11. The fraction of sp³-hybridized carbons (Fsp3) is 0.400. The monoisotopic (exact) mass is 449 g/mol. The van der Waals surface area contributed by atoms with Crippen molar-refractivity contribution < 1.29 is 26.7 Å². The van der Waals surface area contributed by atoms with Gasteiger partial charge in [-0.25, -0.2) is 8.78 Å². The molecule has 2 aromatic carbocycles. The summed E-state index contributed by atoms with van der Waals surface area (Å²) < 4.78 is 67.9. The summed E-state index contributed by atoms with van der Waals surface area (Å²) in [6.45, 7) is 4.61. The van der Waals surface area contributed by atoms with E-state index >= 15 is 0 Å². The maximum absolute atomic E-state index is 14.6. The molecule has 2 nitrogen and oxygen atoms in total. The maximum atomic E-state index is 14.6. The highest BCUT2D eigenvalue weighted by atomic mass is 19.4. The van der Waals surface area contributed by atoms with E-state index in [1.807, 2.05) is 0 Å². The number of nitrogens with zero attached hydrogens (tertiary/aromatic N) is 1. The third-order valence-electron chi connectivity index (χ3n) is 7.11. The van der Waals surface area contributed by atoms with Crippen molar-refractivity contribution in [1.82, 2.24) is 4.90 Å². The lowest BCUT2D eigenvalue weighted by Crippen LogP contribution is -2.49. The highest BCUT2D eigenvalue weighted by molar-refractivity contribution is 5.87. The number of hydrogen-bond acceptors (Lipinski definition) is 1. The van der Waals surface area contributed by atoms with Crippen LogP contribution in [0.1, 0.15) is 42.0 Å². The Hall–Kier alpha value is -2.70. The molecular weight excluding hydrogens is 425 g/mol. The quantitative estimate of drug-likeness (QED) is 0.428. The molecule has 0 bridgehead atoms. The zero-order valence-electron chi connectivity index (χ0n) is 17.7. The first-order valence-corrected chi connectivity index (χ1v) is 10.6. The van der Waals surface area contributed by atoms with Gasteiger partial charge in [0.2, 0.25) is 11.6 Å². The largest absolute Gasteiger partial charge is 0.426 e.